The second-order valence-corrected chi connectivity index (χ2v) is 5.69. The largest absolute Gasteiger partial charge is 0.398 e. The fourth-order valence-corrected chi connectivity index (χ4v) is 2.69. The predicted octanol–water partition coefficient (Wildman–Crippen LogP) is 0.830. The lowest BCUT2D eigenvalue weighted by Crippen LogP contribution is -2.30. The summed E-state index contributed by atoms with van der Waals surface area (Å²) in [6, 6.07) is 6.39. The van der Waals surface area contributed by atoms with Crippen LogP contribution < -0.4 is 10.5 Å². The molecule has 1 aromatic carbocycles. The minimum Gasteiger partial charge on any atom is -0.398 e. The van der Waals surface area contributed by atoms with Gasteiger partial charge in [-0.2, -0.15) is 0 Å². The van der Waals surface area contributed by atoms with Gasteiger partial charge in [0.15, 0.2) is 0 Å². The van der Waals surface area contributed by atoms with Crippen LogP contribution in [0.1, 0.15) is 6.92 Å². The zero-order chi connectivity index (χ0) is 12.9. The molecule has 3 N–H and O–H groups in total. The van der Waals surface area contributed by atoms with E-state index in [-0.39, 0.29) is 16.5 Å². The summed E-state index contributed by atoms with van der Waals surface area (Å²) in [6.45, 7) is 2.73. The SMILES string of the molecule is COCC(C)CNS(=O)(=O)c1ccccc1N. The molecule has 5 nitrogen and oxygen atoms in total. The summed E-state index contributed by atoms with van der Waals surface area (Å²) in [7, 11) is -1.95. The number of methoxy groups -OCH3 is 1. The number of anilines is 1. The third-order valence-electron chi connectivity index (χ3n) is 2.28. The van der Waals surface area contributed by atoms with Crippen LogP contribution in [-0.2, 0) is 14.8 Å². The van der Waals surface area contributed by atoms with Gasteiger partial charge in [-0.1, -0.05) is 19.1 Å². The van der Waals surface area contributed by atoms with Crippen molar-refractivity contribution in [1.82, 2.24) is 4.72 Å². The fraction of sp³-hybridized carbons (Fsp3) is 0.455. The second kappa shape index (κ2) is 6.00. The number of ether oxygens (including phenoxy) is 1. The monoisotopic (exact) mass is 258 g/mol. The van der Waals surface area contributed by atoms with Gasteiger partial charge in [-0.05, 0) is 18.1 Å². The number of hydrogen-bond donors (Lipinski definition) is 2. The van der Waals surface area contributed by atoms with Crippen molar-refractivity contribution < 1.29 is 13.2 Å². The molecule has 0 heterocycles. The molecule has 0 spiro atoms. The molecule has 6 heteroatoms. The first-order valence-corrected chi connectivity index (χ1v) is 6.79. The van der Waals surface area contributed by atoms with E-state index in [4.69, 9.17) is 10.5 Å². The molecule has 0 aliphatic heterocycles. The van der Waals surface area contributed by atoms with Gasteiger partial charge in [-0.3, -0.25) is 0 Å². The molecule has 0 saturated heterocycles. The lowest BCUT2D eigenvalue weighted by Gasteiger charge is -2.12. The summed E-state index contributed by atoms with van der Waals surface area (Å²) in [6.07, 6.45) is 0. The van der Waals surface area contributed by atoms with E-state index >= 15 is 0 Å². The Morgan fingerprint density at radius 3 is 2.65 bits per heavy atom. The summed E-state index contributed by atoms with van der Waals surface area (Å²) in [5.41, 5.74) is 5.88. The van der Waals surface area contributed by atoms with Crippen LogP contribution in [0.5, 0.6) is 0 Å². The van der Waals surface area contributed by atoms with Crippen molar-refractivity contribution in [1.29, 1.82) is 0 Å². The van der Waals surface area contributed by atoms with Gasteiger partial charge in [0.1, 0.15) is 4.90 Å². The van der Waals surface area contributed by atoms with Crippen LogP contribution in [0.3, 0.4) is 0 Å². The normalized spacial score (nSPS) is 13.5. The first kappa shape index (κ1) is 14.0. The molecular formula is C11H18N2O3S. The fourth-order valence-electron chi connectivity index (χ4n) is 1.40. The molecule has 0 aromatic heterocycles. The molecule has 1 atom stereocenters. The maximum absolute atomic E-state index is 11.9. The molecule has 1 rings (SSSR count). The van der Waals surface area contributed by atoms with Gasteiger partial charge >= 0.3 is 0 Å². The topological polar surface area (TPSA) is 81.4 Å². The number of sulfonamides is 1. The number of rotatable bonds is 6. The van der Waals surface area contributed by atoms with Crippen molar-refractivity contribution in [2.45, 2.75) is 11.8 Å². The maximum atomic E-state index is 11.9. The Morgan fingerprint density at radius 2 is 2.06 bits per heavy atom. The predicted molar refractivity (Wildman–Crippen MR) is 67.1 cm³/mol. The van der Waals surface area contributed by atoms with Gasteiger partial charge in [0, 0.05) is 20.3 Å². The van der Waals surface area contributed by atoms with Crippen LogP contribution in [0.15, 0.2) is 29.2 Å². The van der Waals surface area contributed by atoms with Gasteiger partial charge in [-0.25, -0.2) is 13.1 Å². The van der Waals surface area contributed by atoms with Crippen molar-refractivity contribution in [3.8, 4) is 0 Å². The van der Waals surface area contributed by atoms with Crippen molar-refractivity contribution in [3.63, 3.8) is 0 Å². The third kappa shape index (κ3) is 3.99. The maximum Gasteiger partial charge on any atom is 0.242 e. The van der Waals surface area contributed by atoms with E-state index in [1.54, 1.807) is 25.3 Å². The van der Waals surface area contributed by atoms with E-state index in [1.165, 1.54) is 6.07 Å². The Bertz CT molecular complexity index is 460. The van der Waals surface area contributed by atoms with E-state index < -0.39 is 10.0 Å². The van der Waals surface area contributed by atoms with E-state index in [0.29, 0.717) is 13.2 Å². The zero-order valence-corrected chi connectivity index (χ0v) is 10.8. The number of para-hydroxylation sites is 1. The van der Waals surface area contributed by atoms with Crippen LogP contribution >= 0.6 is 0 Å². The van der Waals surface area contributed by atoms with Crippen LogP contribution in [0, 0.1) is 5.92 Å². The molecular weight excluding hydrogens is 240 g/mol. The van der Waals surface area contributed by atoms with Crippen molar-refractivity contribution in [2.75, 3.05) is 26.0 Å². The second-order valence-electron chi connectivity index (χ2n) is 3.95. The van der Waals surface area contributed by atoms with Gasteiger partial charge in [0.2, 0.25) is 10.0 Å². The van der Waals surface area contributed by atoms with Crippen molar-refractivity contribution in [2.24, 2.45) is 5.92 Å². The van der Waals surface area contributed by atoms with Gasteiger partial charge in [-0.15, -0.1) is 0 Å². The standard InChI is InChI=1S/C11H18N2O3S/c1-9(8-16-2)7-13-17(14,15)11-6-4-3-5-10(11)12/h3-6,9,13H,7-8,12H2,1-2H3. The third-order valence-corrected chi connectivity index (χ3v) is 3.78. The van der Waals surface area contributed by atoms with E-state index in [9.17, 15) is 8.42 Å². The van der Waals surface area contributed by atoms with Crippen molar-refractivity contribution >= 4 is 15.7 Å². The number of benzene rings is 1. The molecule has 1 unspecified atom stereocenters. The Kier molecular flexibility index (Phi) is 4.92. The minimum atomic E-state index is -3.53. The molecule has 0 amide bonds. The summed E-state index contributed by atoms with van der Waals surface area (Å²) in [4.78, 5) is 0.115. The summed E-state index contributed by atoms with van der Waals surface area (Å²) in [5.74, 6) is 0.111. The smallest absolute Gasteiger partial charge is 0.242 e. The highest BCUT2D eigenvalue weighted by Gasteiger charge is 2.17. The molecule has 0 radical (unpaired) electrons. The van der Waals surface area contributed by atoms with E-state index in [1.807, 2.05) is 6.92 Å². The Morgan fingerprint density at radius 1 is 1.41 bits per heavy atom. The highest BCUT2D eigenvalue weighted by Crippen LogP contribution is 2.16. The average molecular weight is 258 g/mol. The van der Waals surface area contributed by atoms with Crippen LogP contribution in [0.25, 0.3) is 0 Å². The summed E-state index contributed by atoms with van der Waals surface area (Å²) in [5, 5.41) is 0. The number of nitrogen functional groups attached to an aromatic ring is 1. The molecule has 17 heavy (non-hydrogen) atoms. The zero-order valence-electron chi connectivity index (χ0n) is 10.0. The first-order chi connectivity index (χ1) is 7.97. The lowest BCUT2D eigenvalue weighted by atomic mass is 10.2. The highest BCUT2D eigenvalue weighted by atomic mass is 32.2. The molecule has 1 aromatic rings. The van der Waals surface area contributed by atoms with Gasteiger partial charge < -0.3 is 10.5 Å². The highest BCUT2D eigenvalue weighted by molar-refractivity contribution is 7.89. The Hall–Kier alpha value is -1.11. The van der Waals surface area contributed by atoms with Gasteiger partial charge in [0.05, 0.1) is 5.69 Å². The molecule has 0 aliphatic carbocycles. The number of nitrogens with two attached hydrogens (primary N) is 1. The van der Waals surface area contributed by atoms with Crippen LogP contribution in [0.4, 0.5) is 5.69 Å². The molecule has 0 fully saturated rings. The van der Waals surface area contributed by atoms with Gasteiger partial charge in [0.25, 0.3) is 0 Å². The first-order valence-electron chi connectivity index (χ1n) is 5.30. The Balaban J connectivity index is 2.73. The minimum absolute atomic E-state index is 0.111. The average Bonchev–Trinajstić information content (AvgIpc) is 2.27. The Labute approximate surface area is 102 Å². The quantitative estimate of drug-likeness (QED) is 0.740. The molecule has 0 aliphatic rings. The summed E-state index contributed by atoms with van der Waals surface area (Å²) < 4.78 is 31.3. The van der Waals surface area contributed by atoms with Crippen molar-refractivity contribution in [3.05, 3.63) is 24.3 Å². The van der Waals surface area contributed by atoms with E-state index in [0.717, 1.165) is 0 Å². The molecule has 0 saturated carbocycles. The molecule has 96 valence electrons. The number of nitrogens with one attached hydrogen (secondary N) is 1. The number of hydrogen-bond acceptors (Lipinski definition) is 4. The van der Waals surface area contributed by atoms with E-state index in [2.05, 4.69) is 4.72 Å². The van der Waals surface area contributed by atoms with Crippen LogP contribution in [-0.4, -0.2) is 28.7 Å². The lowest BCUT2D eigenvalue weighted by molar-refractivity contribution is 0.161. The molecule has 0 bridgehead atoms. The van der Waals surface area contributed by atoms with Crippen LogP contribution in [0.2, 0.25) is 0 Å². The summed E-state index contributed by atoms with van der Waals surface area (Å²) >= 11 is 0.